The highest BCUT2D eigenvalue weighted by atomic mass is 16.2. The Hall–Kier alpha value is -1.29. The Balaban J connectivity index is 1.89. The zero-order valence-corrected chi connectivity index (χ0v) is 9.23. The van der Waals surface area contributed by atoms with Gasteiger partial charge in [-0.2, -0.15) is 0 Å². The molecule has 1 aromatic rings. The molecule has 1 aliphatic rings. The van der Waals surface area contributed by atoms with Crippen molar-refractivity contribution in [1.82, 2.24) is 14.8 Å². The fourth-order valence-electron chi connectivity index (χ4n) is 1.92. The van der Waals surface area contributed by atoms with Gasteiger partial charge in [-0.3, -0.25) is 4.79 Å². The maximum absolute atomic E-state index is 11.6. The molecule has 1 aromatic heterocycles. The molecule has 1 fully saturated rings. The first-order chi connectivity index (χ1) is 7.18. The van der Waals surface area contributed by atoms with E-state index in [0.717, 1.165) is 19.5 Å². The van der Waals surface area contributed by atoms with E-state index in [1.807, 2.05) is 26.4 Å². The van der Waals surface area contributed by atoms with Gasteiger partial charge in [0.15, 0.2) is 0 Å². The van der Waals surface area contributed by atoms with Crippen LogP contribution in [0.2, 0.25) is 0 Å². The SMILES string of the molecule is CN1CCC(NCc2cccn2C)C1=O. The summed E-state index contributed by atoms with van der Waals surface area (Å²) in [7, 11) is 3.87. The number of aryl methyl sites for hydroxylation is 1. The Morgan fingerprint density at radius 1 is 1.53 bits per heavy atom. The van der Waals surface area contributed by atoms with Crippen molar-refractivity contribution < 1.29 is 4.79 Å². The van der Waals surface area contributed by atoms with E-state index in [2.05, 4.69) is 16.0 Å². The van der Waals surface area contributed by atoms with Crippen molar-refractivity contribution in [2.45, 2.75) is 19.0 Å². The molecule has 1 saturated heterocycles. The number of rotatable bonds is 3. The van der Waals surface area contributed by atoms with E-state index in [4.69, 9.17) is 0 Å². The van der Waals surface area contributed by atoms with Gasteiger partial charge < -0.3 is 14.8 Å². The highest BCUT2D eigenvalue weighted by molar-refractivity contribution is 5.83. The van der Waals surface area contributed by atoms with E-state index in [-0.39, 0.29) is 11.9 Å². The molecule has 15 heavy (non-hydrogen) atoms. The summed E-state index contributed by atoms with van der Waals surface area (Å²) in [6.07, 6.45) is 2.93. The minimum Gasteiger partial charge on any atom is -0.353 e. The van der Waals surface area contributed by atoms with Gasteiger partial charge in [0.25, 0.3) is 0 Å². The van der Waals surface area contributed by atoms with E-state index in [1.165, 1.54) is 5.69 Å². The van der Waals surface area contributed by atoms with Crippen LogP contribution in [0.15, 0.2) is 18.3 Å². The molecule has 4 nitrogen and oxygen atoms in total. The van der Waals surface area contributed by atoms with Crippen molar-refractivity contribution in [2.24, 2.45) is 7.05 Å². The lowest BCUT2D eigenvalue weighted by atomic mass is 10.2. The topological polar surface area (TPSA) is 37.3 Å². The molecule has 0 spiro atoms. The fourth-order valence-corrected chi connectivity index (χ4v) is 1.92. The number of carbonyl (C=O) groups excluding carboxylic acids is 1. The van der Waals surface area contributed by atoms with Crippen LogP contribution < -0.4 is 5.32 Å². The normalized spacial score (nSPS) is 21.3. The van der Waals surface area contributed by atoms with Crippen molar-refractivity contribution in [3.05, 3.63) is 24.0 Å². The first-order valence-electron chi connectivity index (χ1n) is 5.27. The molecule has 4 heteroatoms. The Morgan fingerprint density at radius 3 is 2.87 bits per heavy atom. The van der Waals surface area contributed by atoms with E-state index < -0.39 is 0 Å². The second-order valence-electron chi connectivity index (χ2n) is 4.09. The van der Waals surface area contributed by atoms with Gasteiger partial charge in [-0.15, -0.1) is 0 Å². The van der Waals surface area contributed by atoms with Crippen LogP contribution in [0.5, 0.6) is 0 Å². The highest BCUT2D eigenvalue weighted by Crippen LogP contribution is 2.09. The van der Waals surface area contributed by atoms with Crippen LogP contribution in [0, 0.1) is 0 Å². The third-order valence-electron chi connectivity index (χ3n) is 3.01. The van der Waals surface area contributed by atoms with E-state index in [9.17, 15) is 4.79 Å². The summed E-state index contributed by atoms with van der Waals surface area (Å²) in [6.45, 7) is 1.62. The average molecular weight is 207 g/mol. The summed E-state index contributed by atoms with van der Waals surface area (Å²) >= 11 is 0. The first-order valence-corrected chi connectivity index (χ1v) is 5.27. The molecule has 2 heterocycles. The minimum absolute atomic E-state index is 0.00454. The van der Waals surface area contributed by atoms with Crippen LogP contribution in [0.3, 0.4) is 0 Å². The number of hydrogen-bond donors (Lipinski definition) is 1. The number of hydrogen-bond acceptors (Lipinski definition) is 2. The van der Waals surface area contributed by atoms with Crippen molar-refractivity contribution in [3.8, 4) is 0 Å². The molecule has 1 N–H and O–H groups in total. The van der Waals surface area contributed by atoms with Crippen LogP contribution in [-0.2, 0) is 18.4 Å². The Bertz CT molecular complexity index is 358. The van der Waals surface area contributed by atoms with Gasteiger partial charge in [-0.05, 0) is 18.6 Å². The largest absolute Gasteiger partial charge is 0.353 e. The number of nitrogens with one attached hydrogen (secondary N) is 1. The second kappa shape index (κ2) is 4.06. The van der Waals surface area contributed by atoms with E-state index in [0.29, 0.717) is 0 Å². The van der Waals surface area contributed by atoms with Crippen molar-refractivity contribution >= 4 is 5.91 Å². The lowest BCUT2D eigenvalue weighted by Crippen LogP contribution is -2.36. The lowest BCUT2D eigenvalue weighted by Gasteiger charge is -2.12. The lowest BCUT2D eigenvalue weighted by molar-refractivity contribution is -0.128. The second-order valence-corrected chi connectivity index (χ2v) is 4.09. The molecule has 1 unspecified atom stereocenters. The van der Waals surface area contributed by atoms with Crippen molar-refractivity contribution in [3.63, 3.8) is 0 Å². The maximum Gasteiger partial charge on any atom is 0.239 e. The van der Waals surface area contributed by atoms with Gasteiger partial charge in [-0.1, -0.05) is 0 Å². The average Bonchev–Trinajstić information content (AvgIpc) is 2.74. The third-order valence-corrected chi connectivity index (χ3v) is 3.01. The minimum atomic E-state index is 0.00454. The quantitative estimate of drug-likeness (QED) is 0.776. The van der Waals surface area contributed by atoms with Gasteiger partial charge in [0, 0.05) is 39.1 Å². The van der Waals surface area contributed by atoms with E-state index in [1.54, 1.807) is 4.90 Å². The maximum atomic E-state index is 11.6. The van der Waals surface area contributed by atoms with Crippen LogP contribution in [0.1, 0.15) is 12.1 Å². The van der Waals surface area contributed by atoms with Gasteiger partial charge in [0.2, 0.25) is 5.91 Å². The molecular weight excluding hydrogens is 190 g/mol. The van der Waals surface area contributed by atoms with Crippen molar-refractivity contribution in [2.75, 3.05) is 13.6 Å². The van der Waals surface area contributed by atoms with Crippen LogP contribution in [0.25, 0.3) is 0 Å². The Morgan fingerprint density at radius 2 is 2.33 bits per heavy atom. The summed E-state index contributed by atoms with van der Waals surface area (Å²) in [5.74, 6) is 0.212. The highest BCUT2D eigenvalue weighted by Gasteiger charge is 2.28. The summed E-state index contributed by atoms with van der Waals surface area (Å²) in [5, 5.41) is 3.29. The number of aromatic nitrogens is 1. The summed E-state index contributed by atoms with van der Waals surface area (Å²) in [5.41, 5.74) is 1.21. The van der Waals surface area contributed by atoms with Crippen LogP contribution in [0.4, 0.5) is 0 Å². The van der Waals surface area contributed by atoms with Crippen LogP contribution in [-0.4, -0.2) is 35.0 Å². The molecule has 0 bridgehead atoms. The van der Waals surface area contributed by atoms with Gasteiger partial charge in [-0.25, -0.2) is 0 Å². The molecule has 1 atom stereocenters. The molecule has 0 aliphatic carbocycles. The van der Waals surface area contributed by atoms with Crippen molar-refractivity contribution in [1.29, 1.82) is 0 Å². The molecule has 0 aromatic carbocycles. The van der Waals surface area contributed by atoms with Gasteiger partial charge in [0.05, 0.1) is 6.04 Å². The molecule has 0 radical (unpaired) electrons. The number of likely N-dealkylation sites (tertiary alicyclic amines) is 1. The summed E-state index contributed by atoms with van der Waals surface area (Å²) in [4.78, 5) is 13.4. The molecule has 1 aliphatic heterocycles. The number of nitrogens with zero attached hydrogens (tertiary/aromatic N) is 2. The van der Waals surface area contributed by atoms with Crippen LogP contribution >= 0.6 is 0 Å². The Kier molecular flexibility index (Phi) is 2.77. The molecule has 2 rings (SSSR count). The predicted molar refractivity (Wildman–Crippen MR) is 58.3 cm³/mol. The van der Waals surface area contributed by atoms with Gasteiger partial charge in [0.1, 0.15) is 0 Å². The molecule has 1 amide bonds. The molecule has 82 valence electrons. The third kappa shape index (κ3) is 2.04. The molecule has 0 saturated carbocycles. The van der Waals surface area contributed by atoms with E-state index >= 15 is 0 Å². The zero-order valence-electron chi connectivity index (χ0n) is 9.23. The predicted octanol–water partition coefficient (Wildman–Crippen LogP) is 0.345. The van der Waals surface area contributed by atoms with Gasteiger partial charge >= 0.3 is 0 Å². The Labute approximate surface area is 89.9 Å². The smallest absolute Gasteiger partial charge is 0.239 e. The summed E-state index contributed by atoms with van der Waals surface area (Å²) < 4.78 is 2.07. The first kappa shape index (κ1) is 10.2. The monoisotopic (exact) mass is 207 g/mol. The molecular formula is C11H17N3O. The standard InChI is InChI=1S/C11H17N3O/c1-13-6-3-4-9(13)8-12-10-5-7-14(2)11(10)15/h3-4,6,10,12H,5,7-8H2,1-2H3. The fraction of sp³-hybridized carbons (Fsp3) is 0.545. The number of amides is 1. The number of carbonyl (C=O) groups is 1. The number of likely N-dealkylation sites (N-methyl/N-ethyl adjacent to an activating group) is 1. The summed E-state index contributed by atoms with van der Waals surface area (Å²) in [6, 6.07) is 4.08. The zero-order chi connectivity index (χ0) is 10.8.